The van der Waals surface area contributed by atoms with Crippen molar-refractivity contribution in [2.24, 2.45) is 0 Å². The number of esters is 3. The second kappa shape index (κ2) is 57.5. The number of carbonyl (C=O) groups excluding carboxylic acids is 3. The van der Waals surface area contributed by atoms with Crippen LogP contribution >= 0.6 is 0 Å². The Labute approximate surface area is 423 Å². The molecule has 400 valence electrons. The normalized spacial score (nSPS) is 12.1. The number of hydrogen-bond acceptors (Lipinski definition) is 6. The van der Waals surface area contributed by atoms with Gasteiger partial charge in [-0.15, -0.1) is 0 Å². The number of rotatable bonds is 56. The van der Waals surface area contributed by atoms with E-state index in [1.54, 1.807) is 0 Å². The minimum absolute atomic E-state index is 0.0692. The predicted octanol–water partition coefficient (Wildman–Crippen LogP) is 20.3. The quantitative estimate of drug-likeness (QED) is 0.0262. The van der Waals surface area contributed by atoms with E-state index in [9.17, 15) is 14.4 Å². The van der Waals surface area contributed by atoms with Crippen LogP contribution in [0.1, 0.15) is 335 Å². The SMILES string of the molecule is CCC/C=C\CCCCCCCC(=O)OCC(COC(=O)CCCCCCCCCCCCCCC/C=C\CCCCCCCCCC)OC(=O)CCCCCCCCCCCCCCCCC. The molecule has 0 fully saturated rings. The number of allylic oxidation sites excluding steroid dienone is 4. The molecule has 0 N–H and O–H groups in total. The summed E-state index contributed by atoms with van der Waals surface area (Å²) < 4.78 is 16.9. The number of unbranched alkanes of at least 4 members (excludes halogenated alkanes) is 41. The standard InChI is InChI=1S/C62H116O6/c1-4-7-10-13-16-19-22-24-26-27-28-29-30-31-32-33-34-35-37-38-40-43-46-49-52-55-61(64)67-58-59(57-66-60(63)54-51-48-45-42-21-18-15-12-9-6-3)68-62(65)56-53-50-47-44-41-39-36-25-23-20-17-14-11-8-5-2/h12,15,27-28,59H,4-11,13-14,16-26,29-58H2,1-3H3/b15-12-,28-27-. The highest BCUT2D eigenvalue weighted by atomic mass is 16.6. The Bertz CT molecular complexity index is 1100. The van der Waals surface area contributed by atoms with Gasteiger partial charge in [0.2, 0.25) is 0 Å². The van der Waals surface area contributed by atoms with E-state index in [1.807, 2.05) is 0 Å². The highest BCUT2D eigenvalue weighted by Crippen LogP contribution is 2.17. The third-order valence-corrected chi connectivity index (χ3v) is 13.7. The van der Waals surface area contributed by atoms with E-state index < -0.39 is 6.10 Å². The first-order valence-corrected chi connectivity index (χ1v) is 30.3. The molecule has 0 heterocycles. The van der Waals surface area contributed by atoms with Gasteiger partial charge in [-0.1, -0.05) is 276 Å². The first-order chi connectivity index (χ1) is 33.5. The summed E-state index contributed by atoms with van der Waals surface area (Å²) >= 11 is 0. The van der Waals surface area contributed by atoms with Crippen molar-refractivity contribution in [2.45, 2.75) is 341 Å². The van der Waals surface area contributed by atoms with Gasteiger partial charge >= 0.3 is 17.9 Å². The summed E-state index contributed by atoms with van der Waals surface area (Å²) in [6, 6.07) is 0. The fraction of sp³-hybridized carbons (Fsp3) is 0.887. The molecule has 1 unspecified atom stereocenters. The second-order valence-electron chi connectivity index (χ2n) is 20.6. The van der Waals surface area contributed by atoms with Crippen molar-refractivity contribution in [1.29, 1.82) is 0 Å². The van der Waals surface area contributed by atoms with Crippen molar-refractivity contribution in [3.05, 3.63) is 24.3 Å². The Morgan fingerprint density at radius 1 is 0.279 bits per heavy atom. The number of ether oxygens (including phenoxy) is 3. The van der Waals surface area contributed by atoms with E-state index in [4.69, 9.17) is 14.2 Å². The maximum Gasteiger partial charge on any atom is 0.306 e. The summed E-state index contributed by atoms with van der Waals surface area (Å²) in [4.78, 5) is 38.1. The first-order valence-electron chi connectivity index (χ1n) is 30.3. The number of carbonyl (C=O) groups is 3. The van der Waals surface area contributed by atoms with Gasteiger partial charge in [0.25, 0.3) is 0 Å². The lowest BCUT2D eigenvalue weighted by Crippen LogP contribution is -2.30. The Morgan fingerprint density at radius 2 is 0.515 bits per heavy atom. The van der Waals surface area contributed by atoms with Crippen molar-refractivity contribution in [3.63, 3.8) is 0 Å². The van der Waals surface area contributed by atoms with E-state index in [1.165, 1.54) is 225 Å². The van der Waals surface area contributed by atoms with E-state index >= 15 is 0 Å². The zero-order valence-corrected chi connectivity index (χ0v) is 45.9. The molecular weight excluding hydrogens is 841 g/mol. The molecule has 0 radical (unpaired) electrons. The topological polar surface area (TPSA) is 78.9 Å². The lowest BCUT2D eigenvalue weighted by molar-refractivity contribution is -0.167. The summed E-state index contributed by atoms with van der Waals surface area (Å²) in [7, 11) is 0. The van der Waals surface area contributed by atoms with Crippen LogP contribution in [-0.2, 0) is 28.6 Å². The molecule has 0 aliphatic rings. The fourth-order valence-electron chi connectivity index (χ4n) is 9.09. The Balaban J connectivity index is 4.16. The van der Waals surface area contributed by atoms with Crippen molar-refractivity contribution >= 4 is 17.9 Å². The third kappa shape index (κ3) is 54.8. The van der Waals surface area contributed by atoms with Crippen LogP contribution in [0.15, 0.2) is 24.3 Å². The summed E-state index contributed by atoms with van der Waals surface area (Å²) in [6.07, 6.45) is 67.6. The Kier molecular flexibility index (Phi) is 55.7. The molecule has 0 bridgehead atoms. The molecule has 0 aromatic heterocycles. The predicted molar refractivity (Wildman–Crippen MR) is 293 cm³/mol. The largest absolute Gasteiger partial charge is 0.462 e. The molecule has 0 rings (SSSR count). The van der Waals surface area contributed by atoms with Crippen molar-refractivity contribution in [1.82, 2.24) is 0 Å². The minimum Gasteiger partial charge on any atom is -0.462 e. The maximum atomic E-state index is 12.8. The zero-order valence-electron chi connectivity index (χ0n) is 45.9. The molecule has 0 aliphatic carbocycles. The lowest BCUT2D eigenvalue weighted by Gasteiger charge is -2.18. The van der Waals surface area contributed by atoms with Gasteiger partial charge in [0.05, 0.1) is 0 Å². The molecule has 6 heteroatoms. The summed E-state index contributed by atoms with van der Waals surface area (Å²) in [5.41, 5.74) is 0. The molecule has 0 amide bonds. The lowest BCUT2D eigenvalue weighted by atomic mass is 10.0. The van der Waals surface area contributed by atoms with Crippen LogP contribution in [0, 0.1) is 0 Å². The van der Waals surface area contributed by atoms with E-state index in [0.717, 1.165) is 70.6 Å². The molecular formula is C62H116O6. The van der Waals surface area contributed by atoms with Crippen LogP contribution < -0.4 is 0 Å². The van der Waals surface area contributed by atoms with Crippen LogP contribution in [0.2, 0.25) is 0 Å². The van der Waals surface area contributed by atoms with Gasteiger partial charge in [0.1, 0.15) is 13.2 Å². The van der Waals surface area contributed by atoms with Crippen molar-refractivity contribution in [2.75, 3.05) is 13.2 Å². The van der Waals surface area contributed by atoms with Gasteiger partial charge in [0, 0.05) is 19.3 Å². The number of hydrogen-bond donors (Lipinski definition) is 0. The van der Waals surface area contributed by atoms with Gasteiger partial charge in [0.15, 0.2) is 6.10 Å². The van der Waals surface area contributed by atoms with Crippen LogP contribution in [-0.4, -0.2) is 37.2 Å². The van der Waals surface area contributed by atoms with Crippen LogP contribution in [0.4, 0.5) is 0 Å². The van der Waals surface area contributed by atoms with E-state index in [0.29, 0.717) is 19.3 Å². The van der Waals surface area contributed by atoms with E-state index in [2.05, 4.69) is 45.1 Å². The monoisotopic (exact) mass is 957 g/mol. The van der Waals surface area contributed by atoms with Gasteiger partial charge in [-0.25, -0.2) is 0 Å². The molecule has 68 heavy (non-hydrogen) atoms. The minimum atomic E-state index is -0.769. The van der Waals surface area contributed by atoms with Crippen LogP contribution in [0.25, 0.3) is 0 Å². The summed E-state index contributed by atoms with van der Waals surface area (Å²) in [6.45, 7) is 6.62. The molecule has 0 aromatic rings. The third-order valence-electron chi connectivity index (χ3n) is 13.7. The fourth-order valence-corrected chi connectivity index (χ4v) is 9.09. The molecule has 0 saturated carbocycles. The molecule has 6 nitrogen and oxygen atoms in total. The smallest absolute Gasteiger partial charge is 0.306 e. The van der Waals surface area contributed by atoms with E-state index in [-0.39, 0.29) is 31.1 Å². The summed E-state index contributed by atoms with van der Waals surface area (Å²) in [5, 5.41) is 0. The molecule has 0 aromatic carbocycles. The van der Waals surface area contributed by atoms with Gasteiger partial charge in [-0.2, -0.15) is 0 Å². The molecule has 1 atom stereocenters. The van der Waals surface area contributed by atoms with Gasteiger partial charge < -0.3 is 14.2 Å². The molecule has 0 aliphatic heterocycles. The average Bonchev–Trinajstić information content (AvgIpc) is 3.34. The first kappa shape index (κ1) is 65.9. The Morgan fingerprint density at radius 3 is 0.794 bits per heavy atom. The van der Waals surface area contributed by atoms with Crippen molar-refractivity contribution < 1.29 is 28.6 Å². The zero-order chi connectivity index (χ0) is 49.3. The van der Waals surface area contributed by atoms with Gasteiger partial charge in [-0.3, -0.25) is 14.4 Å². The second-order valence-corrected chi connectivity index (χ2v) is 20.6. The Hall–Kier alpha value is -2.11. The highest BCUT2D eigenvalue weighted by molar-refractivity contribution is 5.71. The summed E-state index contributed by atoms with van der Waals surface area (Å²) in [5.74, 6) is -0.860. The average molecular weight is 958 g/mol. The molecule has 0 spiro atoms. The highest BCUT2D eigenvalue weighted by Gasteiger charge is 2.19. The van der Waals surface area contributed by atoms with Gasteiger partial charge in [-0.05, 0) is 64.2 Å². The van der Waals surface area contributed by atoms with Crippen LogP contribution in [0.3, 0.4) is 0 Å². The maximum absolute atomic E-state index is 12.8. The molecule has 0 saturated heterocycles. The van der Waals surface area contributed by atoms with Crippen LogP contribution in [0.5, 0.6) is 0 Å². The van der Waals surface area contributed by atoms with Crippen molar-refractivity contribution in [3.8, 4) is 0 Å².